The lowest BCUT2D eigenvalue weighted by atomic mass is 9.99. The highest BCUT2D eigenvalue weighted by Gasteiger charge is 2.15. The maximum absolute atomic E-state index is 5.55. The monoisotopic (exact) mass is 205 g/mol. The first-order valence-electron chi connectivity index (χ1n) is 5.67. The van der Waals surface area contributed by atoms with Gasteiger partial charge in [0.05, 0.1) is 0 Å². The highest BCUT2D eigenvalue weighted by molar-refractivity contribution is 5.29. The van der Waals surface area contributed by atoms with E-state index in [9.17, 15) is 0 Å². The molecule has 3 heteroatoms. The maximum atomic E-state index is 5.55. The number of aromatic nitrogens is 1. The van der Waals surface area contributed by atoms with Crippen LogP contribution in [0.2, 0.25) is 0 Å². The molecular weight excluding hydrogens is 186 g/mol. The van der Waals surface area contributed by atoms with Crippen molar-refractivity contribution in [1.29, 1.82) is 0 Å². The zero-order valence-corrected chi connectivity index (χ0v) is 9.32. The number of hydrogen-bond acceptors (Lipinski definition) is 3. The average Bonchev–Trinajstić information content (AvgIpc) is 2.25. The third-order valence-electron chi connectivity index (χ3n) is 3.13. The summed E-state index contributed by atoms with van der Waals surface area (Å²) in [4.78, 5) is 6.60. The molecule has 3 nitrogen and oxygen atoms in total. The van der Waals surface area contributed by atoms with Crippen molar-refractivity contribution in [1.82, 2.24) is 9.88 Å². The Balaban J connectivity index is 1.89. The van der Waals surface area contributed by atoms with Crippen LogP contribution in [0.1, 0.15) is 25.3 Å². The van der Waals surface area contributed by atoms with Crippen molar-refractivity contribution < 1.29 is 0 Å². The minimum atomic E-state index is 0.603. The second-order valence-corrected chi connectivity index (χ2v) is 4.55. The molecule has 0 atom stereocenters. The van der Waals surface area contributed by atoms with Gasteiger partial charge < -0.3 is 5.73 Å². The summed E-state index contributed by atoms with van der Waals surface area (Å²) in [5.74, 6) is 1.50. The molecule has 0 radical (unpaired) electrons. The number of anilines is 1. The molecular formula is C12H19N3. The minimum absolute atomic E-state index is 0.603. The third-order valence-corrected chi connectivity index (χ3v) is 3.13. The van der Waals surface area contributed by atoms with Crippen LogP contribution in [0.5, 0.6) is 0 Å². The van der Waals surface area contributed by atoms with Gasteiger partial charge in [-0.15, -0.1) is 0 Å². The lowest BCUT2D eigenvalue weighted by Gasteiger charge is -2.30. The number of nitrogen functional groups attached to an aromatic ring is 1. The molecule has 1 aromatic rings. The van der Waals surface area contributed by atoms with Gasteiger partial charge >= 0.3 is 0 Å². The number of rotatable bonds is 2. The van der Waals surface area contributed by atoms with Gasteiger partial charge in [0.1, 0.15) is 5.82 Å². The maximum Gasteiger partial charge on any atom is 0.123 e. The second-order valence-electron chi connectivity index (χ2n) is 4.55. The Morgan fingerprint density at radius 2 is 2.13 bits per heavy atom. The molecule has 1 aliphatic rings. The van der Waals surface area contributed by atoms with Crippen LogP contribution in [0.25, 0.3) is 0 Å². The molecule has 1 aromatic heterocycles. The van der Waals surface area contributed by atoms with Crippen molar-refractivity contribution in [3.05, 3.63) is 23.9 Å². The predicted octanol–water partition coefficient (Wildman–Crippen LogP) is 1.90. The SMILES string of the molecule is CC1CCN(Cc2ccc(N)nc2)CC1. The first-order valence-corrected chi connectivity index (χ1v) is 5.67. The number of likely N-dealkylation sites (tertiary alicyclic amines) is 1. The predicted molar refractivity (Wildman–Crippen MR) is 62.3 cm³/mol. The molecule has 15 heavy (non-hydrogen) atoms. The smallest absolute Gasteiger partial charge is 0.123 e. The Morgan fingerprint density at radius 3 is 2.73 bits per heavy atom. The van der Waals surface area contributed by atoms with E-state index in [-0.39, 0.29) is 0 Å². The fourth-order valence-corrected chi connectivity index (χ4v) is 2.01. The van der Waals surface area contributed by atoms with E-state index < -0.39 is 0 Å². The van der Waals surface area contributed by atoms with Gasteiger partial charge in [0.15, 0.2) is 0 Å². The number of piperidine rings is 1. The van der Waals surface area contributed by atoms with Crippen molar-refractivity contribution in [3.8, 4) is 0 Å². The molecule has 0 aliphatic carbocycles. The summed E-state index contributed by atoms with van der Waals surface area (Å²) in [5, 5.41) is 0. The van der Waals surface area contributed by atoms with E-state index in [1.54, 1.807) is 0 Å². The van der Waals surface area contributed by atoms with Crippen molar-refractivity contribution in [2.45, 2.75) is 26.3 Å². The van der Waals surface area contributed by atoms with Gasteiger partial charge in [0.2, 0.25) is 0 Å². The molecule has 2 N–H and O–H groups in total. The van der Waals surface area contributed by atoms with Crippen LogP contribution >= 0.6 is 0 Å². The normalized spacial score (nSPS) is 19.3. The topological polar surface area (TPSA) is 42.1 Å². The number of nitrogens with two attached hydrogens (primary N) is 1. The van der Waals surface area contributed by atoms with E-state index in [0.717, 1.165) is 12.5 Å². The molecule has 1 saturated heterocycles. The number of hydrogen-bond donors (Lipinski definition) is 1. The number of nitrogens with zero attached hydrogens (tertiary/aromatic N) is 2. The minimum Gasteiger partial charge on any atom is -0.384 e. The van der Waals surface area contributed by atoms with Crippen LogP contribution in [-0.2, 0) is 6.54 Å². The van der Waals surface area contributed by atoms with E-state index in [4.69, 9.17) is 5.73 Å². The van der Waals surface area contributed by atoms with Crippen LogP contribution in [0.4, 0.5) is 5.82 Å². The van der Waals surface area contributed by atoms with Crippen molar-refractivity contribution in [2.24, 2.45) is 5.92 Å². The molecule has 0 spiro atoms. The van der Waals surface area contributed by atoms with Crippen LogP contribution in [0.15, 0.2) is 18.3 Å². The Hall–Kier alpha value is -1.09. The Kier molecular flexibility index (Phi) is 3.21. The van der Waals surface area contributed by atoms with E-state index in [0.29, 0.717) is 5.82 Å². The summed E-state index contributed by atoms with van der Waals surface area (Å²) < 4.78 is 0. The van der Waals surface area contributed by atoms with Crippen molar-refractivity contribution in [2.75, 3.05) is 18.8 Å². The quantitative estimate of drug-likeness (QED) is 0.801. The third kappa shape index (κ3) is 2.93. The van der Waals surface area contributed by atoms with Gasteiger partial charge in [-0.2, -0.15) is 0 Å². The van der Waals surface area contributed by atoms with Gasteiger partial charge in [-0.3, -0.25) is 4.90 Å². The van der Waals surface area contributed by atoms with Gasteiger partial charge in [0.25, 0.3) is 0 Å². The van der Waals surface area contributed by atoms with Crippen LogP contribution in [0.3, 0.4) is 0 Å². The standard InChI is InChI=1S/C12H19N3/c1-10-4-6-15(7-5-10)9-11-2-3-12(13)14-8-11/h2-3,8,10H,4-7,9H2,1H3,(H2,13,14). The first-order chi connectivity index (χ1) is 7.24. The summed E-state index contributed by atoms with van der Waals surface area (Å²) in [5.41, 5.74) is 6.82. The van der Waals surface area contributed by atoms with E-state index >= 15 is 0 Å². The molecule has 82 valence electrons. The fourth-order valence-electron chi connectivity index (χ4n) is 2.01. The van der Waals surface area contributed by atoms with Crippen LogP contribution in [-0.4, -0.2) is 23.0 Å². The molecule has 1 fully saturated rings. The lowest BCUT2D eigenvalue weighted by molar-refractivity contribution is 0.185. The Morgan fingerprint density at radius 1 is 1.40 bits per heavy atom. The Labute approximate surface area is 91.3 Å². The zero-order valence-electron chi connectivity index (χ0n) is 9.32. The molecule has 0 unspecified atom stereocenters. The highest BCUT2D eigenvalue weighted by atomic mass is 15.1. The second kappa shape index (κ2) is 4.62. The van der Waals surface area contributed by atoms with Crippen LogP contribution < -0.4 is 5.73 Å². The molecule has 0 aromatic carbocycles. The van der Waals surface area contributed by atoms with E-state index in [2.05, 4.69) is 22.9 Å². The van der Waals surface area contributed by atoms with Gasteiger partial charge in [-0.1, -0.05) is 13.0 Å². The van der Waals surface area contributed by atoms with Gasteiger partial charge in [0, 0.05) is 12.7 Å². The molecule has 0 bridgehead atoms. The Bertz CT molecular complexity index is 299. The van der Waals surface area contributed by atoms with E-state index in [1.165, 1.54) is 31.5 Å². The zero-order chi connectivity index (χ0) is 10.7. The van der Waals surface area contributed by atoms with Crippen molar-refractivity contribution >= 4 is 5.82 Å². The molecule has 1 aliphatic heterocycles. The summed E-state index contributed by atoms with van der Waals surface area (Å²) in [6, 6.07) is 3.95. The molecule has 0 saturated carbocycles. The molecule has 2 heterocycles. The van der Waals surface area contributed by atoms with E-state index in [1.807, 2.05) is 12.3 Å². The first kappa shape index (κ1) is 10.4. The number of pyridine rings is 1. The molecule has 0 amide bonds. The van der Waals surface area contributed by atoms with Gasteiger partial charge in [-0.05, 0) is 43.5 Å². The highest BCUT2D eigenvalue weighted by Crippen LogP contribution is 2.17. The van der Waals surface area contributed by atoms with Crippen molar-refractivity contribution in [3.63, 3.8) is 0 Å². The van der Waals surface area contributed by atoms with Crippen LogP contribution in [0, 0.1) is 5.92 Å². The summed E-state index contributed by atoms with van der Waals surface area (Å²) in [6.07, 6.45) is 4.53. The molecule has 2 rings (SSSR count). The van der Waals surface area contributed by atoms with Gasteiger partial charge in [-0.25, -0.2) is 4.98 Å². The average molecular weight is 205 g/mol. The summed E-state index contributed by atoms with van der Waals surface area (Å²) in [7, 11) is 0. The largest absolute Gasteiger partial charge is 0.384 e. The summed E-state index contributed by atoms with van der Waals surface area (Å²) >= 11 is 0. The summed E-state index contributed by atoms with van der Waals surface area (Å²) in [6.45, 7) is 5.78. The fraction of sp³-hybridized carbons (Fsp3) is 0.583. The lowest BCUT2D eigenvalue weighted by Crippen LogP contribution is -2.32.